The molecule has 0 spiro atoms. The quantitative estimate of drug-likeness (QED) is 0.705. The zero-order valence-electron chi connectivity index (χ0n) is 9.06. The summed E-state index contributed by atoms with van der Waals surface area (Å²) in [6.07, 6.45) is 0.460. The van der Waals surface area contributed by atoms with Crippen LogP contribution in [-0.4, -0.2) is 66.9 Å². The summed E-state index contributed by atoms with van der Waals surface area (Å²) in [5.74, 6) is 0.198. The number of hydrogen-bond acceptors (Lipinski definition) is 3. The standard InChI is InChI=1S/C10H18N2O3/c1-11-3-4-12(10(11)14)6-9(13)8-2-5-15-7-8/h8-9,13H,2-7H2,1H3. The van der Waals surface area contributed by atoms with E-state index in [9.17, 15) is 9.90 Å². The minimum atomic E-state index is -0.442. The SMILES string of the molecule is CN1CCN(CC(O)C2CCOC2)C1=O. The molecule has 0 aromatic carbocycles. The summed E-state index contributed by atoms with van der Waals surface area (Å²) in [6, 6.07) is 0.0213. The van der Waals surface area contributed by atoms with Gasteiger partial charge in [0.25, 0.3) is 0 Å². The van der Waals surface area contributed by atoms with Crippen molar-refractivity contribution in [3.05, 3.63) is 0 Å². The van der Waals surface area contributed by atoms with E-state index in [0.29, 0.717) is 13.2 Å². The fraction of sp³-hybridized carbons (Fsp3) is 0.900. The van der Waals surface area contributed by atoms with Crippen LogP contribution in [0.4, 0.5) is 4.79 Å². The lowest BCUT2D eigenvalue weighted by atomic mass is 10.0. The molecule has 2 unspecified atom stereocenters. The lowest BCUT2D eigenvalue weighted by Crippen LogP contribution is -2.39. The van der Waals surface area contributed by atoms with Crippen molar-refractivity contribution in [3.8, 4) is 0 Å². The molecule has 15 heavy (non-hydrogen) atoms. The van der Waals surface area contributed by atoms with Crippen LogP contribution in [0.25, 0.3) is 0 Å². The maximum Gasteiger partial charge on any atom is 0.319 e. The highest BCUT2D eigenvalue weighted by Gasteiger charge is 2.31. The fourth-order valence-corrected chi connectivity index (χ4v) is 2.10. The summed E-state index contributed by atoms with van der Waals surface area (Å²) in [4.78, 5) is 15.0. The van der Waals surface area contributed by atoms with Crippen LogP contribution in [-0.2, 0) is 4.74 Å². The topological polar surface area (TPSA) is 53.0 Å². The Bertz CT molecular complexity index is 241. The Balaban J connectivity index is 1.83. The molecule has 0 aromatic rings. The molecule has 0 aliphatic carbocycles. The van der Waals surface area contributed by atoms with E-state index in [1.165, 1.54) is 0 Å². The summed E-state index contributed by atoms with van der Waals surface area (Å²) < 4.78 is 5.22. The monoisotopic (exact) mass is 214 g/mol. The summed E-state index contributed by atoms with van der Waals surface area (Å²) in [5, 5.41) is 9.92. The molecule has 1 N–H and O–H groups in total. The van der Waals surface area contributed by atoms with Crippen LogP contribution < -0.4 is 0 Å². The number of likely N-dealkylation sites (N-methyl/N-ethyl adjacent to an activating group) is 1. The first kappa shape index (κ1) is 10.7. The van der Waals surface area contributed by atoms with Gasteiger partial charge in [-0.2, -0.15) is 0 Å². The summed E-state index contributed by atoms with van der Waals surface area (Å²) in [6.45, 7) is 3.28. The summed E-state index contributed by atoms with van der Waals surface area (Å²) in [7, 11) is 1.79. The van der Waals surface area contributed by atoms with Gasteiger partial charge >= 0.3 is 6.03 Å². The maximum atomic E-state index is 11.6. The first-order valence-electron chi connectivity index (χ1n) is 5.44. The lowest BCUT2D eigenvalue weighted by molar-refractivity contribution is 0.0686. The van der Waals surface area contributed by atoms with Gasteiger partial charge in [0.05, 0.1) is 12.7 Å². The number of amides is 2. The average molecular weight is 214 g/mol. The van der Waals surface area contributed by atoms with Gasteiger partial charge in [0.1, 0.15) is 0 Å². The van der Waals surface area contributed by atoms with Crippen LogP contribution in [0.15, 0.2) is 0 Å². The van der Waals surface area contributed by atoms with E-state index >= 15 is 0 Å². The van der Waals surface area contributed by atoms with E-state index in [2.05, 4.69) is 0 Å². The van der Waals surface area contributed by atoms with Crippen molar-refractivity contribution in [3.63, 3.8) is 0 Å². The Morgan fingerprint density at radius 1 is 1.60 bits per heavy atom. The molecule has 2 aliphatic rings. The van der Waals surface area contributed by atoms with Gasteiger partial charge < -0.3 is 19.6 Å². The van der Waals surface area contributed by atoms with Gasteiger partial charge in [-0.05, 0) is 6.42 Å². The molecule has 0 radical (unpaired) electrons. The molecule has 2 amide bonds. The molecule has 2 atom stereocenters. The third kappa shape index (κ3) is 2.23. The number of rotatable bonds is 3. The van der Waals surface area contributed by atoms with Gasteiger partial charge in [0.15, 0.2) is 0 Å². The van der Waals surface area contributed by atoms with Gasteiger partial charge in [-0.15, -0.1) is 0 Å². The first-order chi connectivity index (χ1) is 7.18. The van der Waals surface area contributed by atoms with E-state index in [1.807, 2.05) is 0 Å². The number of carbonyl (C=O) groups is 1. The minimum Gasteiger partial charge on any atom is -0.391 e. The Hall–Kier alpha value is -0.810. The third-order valence-corrected chi connectivity index (χ3v) is 3.22. The molecule has 0 bridgehead atoms. The molecule has 0 aromatic heterocycles. The third-order valence-electron chi connectivity index (χ3n) is 3.22. The molecule has 2 aliphatic heterocycles. The number of aliphatic hydroxyl groups excluding tert-OH is 1. The second kappa shape index (κ2) is 4.37. The molecule has 2 heterocycles. The molecule has 2 saturated heterocycles. The summed E-state index contributed by atoms with van der Waals surface area (Å²) in [5.41, 5.74) is 0. The highest BCUT2D eigenvalue weighted by atomic mass is 16.5. The number of carbonyl (C=O) groups excluding carboxylic acids is 1. The highest BCUT2D eigenvalue weighted by Crippen LogP contribution is 2.18. The zero-order chi connectivity index (χ0) is 10.8. The molecule has 5 nitrogen and oxygen atoms in total. The van der Waals surface area contributed by atoms with Crippen molar-refractivity contribution in [2.24, 2.45) is 5.92 Å². The Morgan fingerprint density at radius 3 is 2.93 bits per heavy atom. The number of aliphatic hydroxyl groups is 1. The van der Waals surface area contributed by atoms with Crippen molar-refractivity contribution < 1.29 is 14.6 Å². The Kier molecular flexibility index (Phi) is 3.11. The number of β-amino-alcohol motifs (C(OH)–C–C–N with tert-alkyl or cyclic N) is 1. The predicted molar refractivity (Wildman–Crippen MR) is 54.5 cm³/mol. The molecule has 86 valence electrons. The van der Waals surface area contributed by atoms with E-state index < -0.39 is 6.10 Å². The van der Waals surface area contributed by atoms with Crippen LogP contribution >= 0.6 is 0 Å². The van der Waals surface area contributed by atoms with Gasteiger partial charge in [0, 0.05) is 39.2 Å². The summed E-state index contributed by atoms with van der Waals surface area (Å²) >= 11 is 0. The second-order valence-corrected chi connectivity index (χ2v) is 4.34. The van der Waals surface area contributed by atoms with Gasteiger partial charge in [-0.1, -0.05) is 0 Å². The van der Waals surface area contributed by atoms with E-state index in [-0.39, 0.29) is 11.9 Å². The van der Waals surface area contributed by atoms with Gasteiger partial charge in [-0.25, -0.2) is 4.79 Å². The zero-order valence-corrected chi connectivity index (χ0v) is 9.06. The molecule has 5 heteroatoms. The predicted octanol–water partition coefficient (Wildman–Crippen LogP) is -0.249. The lowest BCUT2D eigenvalue weighted by Gasteiger charge is -2.23. The Morgan fingerprint density at radius 2 is 2.40 bits per heavy atom. The van der Waals surface area contributed by atoms with Gasteiger partial charge in [-0.3, -0.25) is 0 Å². The number of hydrogen-bond donors (Lipinski definition) is 1. The maximum absolute atomic E-state index is 11.6. The van der Waals surface area contributed by atoms with Crippen molar-refractivity contribution in [1.29, 1.82) is 0 Å². The molecular formula is C10H18N2O3. The van der Waals surface area contributed by atoms with Crippen LogP contribution in [0, 0.1) is 5.92 Å². The molecule has 2 rings (SSSR count). The largest absolute Gasteiger partial charge is 0.391 e. The smallest absolute Gasteiger partial charge is 0.319 e. The number of nitrogens with zero attached hydrogens (tertiary/aromatic N) is 2. The molecule has 2 fully saturated rings. The molecular weight excluding hydrogens is 196 g/mol. The number of ether oxygens (including phenoxy) is 1. The van der Waals surface area contributed by atoms with Crippen LogP contribution in [0.3, 0.4) is 0 Å². The van der Waals surface area contributed by atoms with Crippen LogP contribution in [0.2, 0.25) is 0 Å². The first-order valence-corrected chi connectivity index (χ1v) is 5.44. The van der Waals surface area contributed by atoms with E-state index in [4.69, 9.17) is 4.74 Å². The van der Waals surface area contributed by atoms with Crippen LogP contribution in [0.1, 0.15) is 6.42 Å². The normalized spacial score (nSPS) is 28.9. The van der Waals surface area contributed by atoms with E-state index in [0.717, 1.165) is 26.1 Å². The van der Waals surface area contributed by atoms with E-state index in [1.54, 1.807) is 16.8 Å². The average Bonchev–Trinajstić information content (AvgIpc) is 2.83. The fourth-order valence-electron chi connectivity index (χ4n) is 2.10. The number of urea groups is 1. The Labute approximate surface area is 89.6 Å². The van der Waals surface area contributed by atoms with Crippen LogP contribution in [0.5, 0.6) is 0 Å². The van der Waals surface area contributed by atoms with Crippen molar-refractivity contribution in [2.75, 3.05) is 39.9 Å². The second-order valence-electron chi connectivity index (χ2n) is 4.34. The van der Waals surface area contributed by atoms with Crippen molar-refractivity contribution in [1.82, 2.24) is 9.80 Å². The van der Waals surface area contributed by atoms with Gasteiger partial charge in [0.2, 0.25) is 0 Å². The molecule has 0 saturated carbocycles. The highest BCUT2D eigenvalue weighted by molar-refractivity contribution is 5.76. The van der Waals surface area contributed by atoms with Crippen molar-refractivity contribution >= 4 is 6.03 Å². The minimum absolute atomic E-state index is 0.0213. The van der Waals surface area contributed by atoms with Crippen molar-refractivity contribution in [2.45, 2.75) is 12.5 Å².